The average Bonchev–Trinajstić information content (AvgIpc) is 3.04. The normalized spacial score (nSPS) is 13.8. The molecule has 2 heterocycles. The van der Waals surface area contributed by atoms with Crippen LogP contribution >= 0.6 is 27.3 Å². The summed E-state index contributed by atoms with van der Waals surface area (Å²) in [7, 11) is -3.69. The third kappa shape index (κ3) is 3.75. The van der Waals surface area contributed by atoms with Gasteiger partial charge in [-0.2, -0.15) is 0 Å². The Hall–Kier alpha value is -0.670. The fourth-order valence-corrected chi connectivity index (χ4v) is 5.29. The molecule has 0 radical (unpaired) electrons. The molecule has 0 aromatic carbocycles. The minimum Gasteiger partial charge on any atom is -0.452 e. The van der Waals surface area contributed by atoms with Gasteiger partial charge in [-0.15, -0.1) is 11.3 Å². The van der Waals surface area contributed by atoms with Gasteiger partial charge in [0.2, 0.25) is 10.0 Å². The second kappa shape index (κ2) is 6.62. The van der Waals surface area contributed by atoms with E-state index >= 15 is 0 Å². The Morgan fingerprint density at radius 3 is 2.67 bits per heavy atom. The number of nitrogens with two attached hydrogens (primary N) is 1. The molecule has 21 heavy (non-hydrogen) atoms. The molecule has 0 spiro atoms. The minimum absolute atomic E-state index is 0.0742. The third-order valence-corrected chi connectivity index (χ3v) is 6.25. The zero-order valence-corrected chi connectivity index (χ0v) is 14.9. The van der Waals surface area contributed by atoms with Crippen LogP contribution in [0.15, 0.2) is 37.6 Å². The molecular formula is C13H17BrN2O3S2. The van der Waals surface area contributed by atoms with Crippen LogP contribution in [0, 0.1) is 5.92 Å². The molecule has 0 bridgehead atoms. The first-order valence-corrected chi connectivity index (χ1v) is 9.54. The maximum atomic E-state index is 12.6. The summed E-state index contributed by atoms with van der Waals surface area (Å²) in [5, 5.41) is 1.93. The van der Waals surface area contributed by atoms with E-state index in [2.05, 4.69) is 20.7 Å². The predicted octanol–water partition coefficient (Wildman–Crippen LogP) is 3.24. The molecule has 116 valence electrons. The van der Waals surface area contributed by atoms with Crippen molar-refractivity contribution in [2.75, 3.05) is 0 Å². The van der Waals surface area contributed by atoms with Gasteiger partial charge in [0.15, 0.2) is 4.67 Å². The Balaban J connectivity index is 2.32. The molecule has 3 N–H and O–H groups in total. The highest BCUT2D eigenvalue weighted by Crippen LogP contribution is 2.31. The summed E-state index contributed by atoms with van der Waals surface area (Å²) >= 11 is 4.66. The van der Waals surface area contributed by atoms with E-state index in [9.17, 15) is 8.42 Å². The zero-order chi connectivity index (χ0) is 15.6. The highest BCUT2D eigenvalue weighted by atomic mass is 79.9. The lowest BCUT2D eigenvalue weighted by molar-refractivity contribution is 0.464. The van der Waals surface area contributed by atoms with Crippen LogP contribution in [0.1, 0.15) is 30.5 Å². The Morgan fingerprint density at radius 1 is 1.48 bits per heavy atom. The number of halogens is 1. The third-order valence-electron chi connectivity index (χ3n) is 3.00. The van der Waals surface area contributed by atoms with Crippen molar-refractivity contribution in [1.29, 1.82) is 0 Å². The monoisotopic (exact) mass is 392 g/mol. The maximum Gasteiger partial charge on any atom is 0.245 e. The van der Waals surface area contributed by atoms with E-state index in [0.29, 0.717) is 5.76 Å². The van der Waals surface area contributed by atoms with Crippen LogP contribution in [0.5, 0.6) is 0 Å². The summed E-state index contributed by atoms with van der Waals surface area (Å²) in [6, 6.07) is 4.99. The Labute approximate surface area is 136 Å². The Bertz CT molecular complexity index is 693. The standard InChI is InChI=1S/C13H17BrN2O3S2/c1-8(2)12(10-4-3-5-20-10)16-21(17,18)11-6-9(7-15)19-13(11)14/h3-6,8,12,16H,7,15H2,1-2H3. The highest BCUT2D eigenvalue weighted by molar-refractivity contribution is 9.10. The van der Waals surface area contributed by atoms with Crippen LogP contribution in [0.25, 0.3) is 0 Å². The molecule has 2 aromatic heterocycles. The number of rotatable bonds is 6. The van der Waals surface area contributed by atoms with Gasteiger partial charge in [-0.3, -0.25) is 0 Å². The molecule has 0 aliphatic rings. The van der Waals surface area contributed by atoms with Crippen molar-refractivity contribution in [1.82, 2.24) is 4.72 Å². The van der Waals surface area contributed by atoms with Gasteiger partial charge in [0, 0.05) is 10.9 Å². The first kappa shape index (κ1) is 16.7. The van der Waals surface area contributed by atoms with Crippen molar-refractivity contribution < 1.29 is 12.8 Å². The van der Waals surface area contributed by atoms with Crippen LogP contribution in [0.4, 0.5) is 0 Å². The number of hydrogen-bond acceptors (Lipinski definition) is 5. The zero-order valence-electron chi connectivity index (χ0n) is 11.7. The lowest BCUT2D eigenvalue weighted by atomic mass is 10.0. The van der Waals surface area contributed by atoms with E-state index in [1.807, 2.05) is 31.4 Å². The van der Waals surface area contributed by atoms with E-state index in [4.69, 9.17) is 10.2 Å². The van der Waals surface area contributed by atoms with E-state index in [1.165, 1.54) is 17.4 Å². The average molecular weight is 393 g/mol. The van der Waals surface area contributed by atoms with Gasteiger partial charge >= 0.3 is 0 Å². The van der Waals surface area contributed by atoms with Crippen LogP contribution in [0.3, 0.4) is 0 Å². The van der Waals surface area contributed by atoms with Crippen LogP contribution < -0.4 is 10.5 Å². The van der Waals surface area contributed by atoms with Gasteiger partial charge in [-0.05, 0) is 33.3 Å². The lowest BCUT2D eigenvalue weighted by Crippen LogP contribution is -2.31. The topological polar surface area (TPSA) is 85.3 Å². The minimum atomic E-state index is -3.69. The fraction of sp³-hybridized carbons (Fsp3) is 0.385. The maximum absolute atomic E-state index is 12.6. The molecule has 0 amide bonds. The van der Waals surface area contributed by atoms with Crippen molar-refractivity contribution in [2.24, 2.45) is 11.7 Å². The van der Waals surface area contributed by atoms with E-state index < -0.39 is 10.0 Å². The molecule has 0 saturated carbocycles. The van der Waals surface area contributed by atoms with Crippen molar-refractivity contribution in [3.63, 3.8) is 0 Å². The molecule has 8 heteroatoms. The molecule has 0 aliphatic heterocycles. The molecule has 1 atom stereocenters. The smallest absolute Gasteiger partial charge is 0.245 e. The quantitative estimate of drug-likeness (QED) is 0.789. The Kier molecular flexibility index (Phi) is 5.26. The second-order valence-corrected chi connectivity index (χ2v) is 8.30. The molecule has 0 saturated heterocycles. The summed E-state index contributed by atoms with van der Waals surface area (Å²) in [5.74, 6) is 0.539. The van der Waals surface area contributed by atoms with Crippen molar-refractivity contribution in [3.05, 3.63) is 38.9 Å². The van der Waals surface area contributed by atoms with Gasteiger partial charge in [0.05, 0.1) is 12.6 Å². The molecule has 0 fully saturated rings. The summed E-state index contributed by atoms with van der Waals surface area (Å²) in [6.07, 6.45) is 0. The molecule has 5 nitrogen and oxygen atoms in total. The molecule has 2 aromatic rings. The van der Waals surface area contributed by atoms with Gasteiger partial charge in [0.1, 0.15) is 10.7 Å². The van der Waals surface area contributed by atoms with E-state index in [1.54, 1.807) is 0 Å². The summed E-state index contributed by atoms with van der Waals surface area (Å²) in [4.78, 5) is 1.05. The van der Waals surface area contributed by atoms with Crippen LogP contribution in [0.2, 0.25) is 0 Å². The number of thiophene rings is 1. The second-order valence-electron chi connectivity index (χ2n) is 4.91. The summed E-state index contributed by atoms with van der Waals surface area (Å²) in [6.45, 7) is 4.10. The fourth-order valence-electron chi connectivity index (χ4n) is 1.90. The van der Waals surface area contributed by atoms with Crippen molar-refractivity contribution >= 4 is 37.3 Å². The number of sulfonamides is 1. The number of nitrogens with one attached hydrogen (secondary N) is 1. The lowest BCUT2D eigenvalue weighted by Gasteiger charge is -2.20. The first-order valence-electron chi connectivity index (χ1n) is 6.39. The van der Waals surface area contributed by atoms with E-state index in [0.717, 1.165) is 4.88 Å². The molecular weight excluding hydrogens is 376 g/mol. The molecule has 1 unspecified atom stereocenters. The van der Waals surface area contributed by atoms with Crippen LogP contribution in [-0.2, 0) is 16.6 Å². The van der Waals surface area contributed by atoms with Crippen LogP contribution in [-0.4, -0.2) is 8.42 Å². The van der Waals surface area contributed by atoms with Gasteiger partial charge in [0.25, 0.3) is 0 Å². The number of hydrogen-bond donors (Lipinski definition) is 2. The first-order chi connectivity index (χ1) is 9.85. The van der Waals surface area contributed by atoms with Crippen molar-refractivity contribution in [3.8, 4) is 0 Å². The van der Waals surface area contributed by atoms with Gasteiger partial charge < -0.3 is 10.2 Å². The van der Waals surface area contributed by atoms with Gasteiger partial charge in [-0.1, -0.05) is 19.9 Å². The van der Waals surface area contributed by atoms with Gasteiger partial charge in [-0.25, -0.2) is 13.1 Å². The number of furan rings is 1. The molecule has 0 aliphatic carbocycles. The Morgan fingerprint density at radius 2 is 2.19 bits per heavy atom. The SMILES string of the molecule is CC(C)C(NS(=O)(=O)c1cc(CN)oc1Br)c1cccs1. The summed E-state index contributed by atoms with van der Waals surface area (Å²) in [5.41, 5.74) is 5.47. The summed E-state index contributed by atoms with van der Waals surface area (Å²) < 4.78 is 33.3. The largest absolute Gasteiger partial charge is 0.452 e. The molecule has 2 rings (SSSR count). The highest BCUT2D eigenvalue weighted by Gasteiger charge is 2.28. The predicted molar refractivity (Wildman–Crippen MR) is 86.5 cm³/mol. The van der Waals surface area contributed by atoms with Crippen molar-refractivity contribution in [2.45, 2.75) is 31.3 Å². The van der Waals surface area contributed by atoms with E-state index in [-0.39, 0.29) is 28.1 Å².